The van der Waals surface area contributed by atoms with E-state index in [1.54, 1.807) is 17.5 Å². The van der Waals surface area contributed by atoms with Crippen LogP contribution in [-0.4, -0.2) is 16.9 Å². The van der Waals surface area contributed by atoms with Crippen LogP contribution in [0.1, 0.15) is 23.7 Å². The first-order valence-corrected chi connectivity index (χ1v) is 8.00. The number of benzene rings is 1. The molecule has 1 aliphatic carbocycles. The highest BCUT2D eigenvalue weighted by molar-refractivity contribution is 8.01. The summed E-state index contributed by atoms with van der Waals surface area (Å²) < 4.78 is 0.930. The van der Waals surface area contributed by atoms with Gasteiger partial charge in [-0.2, -0.15) is 0 Å². The molecule has 1 heterocycles. The zero-order valence-corrected chi connectivity index (χ0v) is 11.9. The maximum Gasteiger partial charge on any atom is 0.238 e. The minimum atomic E-state index is -0.215. The lowest BCUT2D eigenvalue weighted by molar-refractivity contribution is -0.120. The van der Waals surface area contributed by atoms with Crippen molar-refractivity contribution >= 4 is 29.0 Å². The Kier molecular flexibility index (Phi) is 3.84. The van der Waals surface area contributed by atoms with Crippen molar-refractivity contribution in [2.24, 2.45) is 0 Å². The number of nitrogens with zero attached hydrogens (tertiary/aromatic N) is 1. The molecule has 2 aromatic rings. The molecule has 1 aliphatic rings. The second kappa shape index (κ2) is 5.75. The van der Waals surface area contributed by atoms with Gasteiger partial charge in [0.15, 0.2) is 4.34 Å². The first-order chi connectivity index (χ1) is 9.33. The minimum absolute atomic E-state index is 0.0916. The number of aromatic nitrogens is 1. The highest BCUT2D eigenvalue weighted by atomic mass is 32.2. The van der Waals surface area contributed by atoms with Crippen molar-refractivity contribution in [2.75, 3.05) is 0 Å². The summed E-state index contributed by atoms with van der Waals surface area (Å²) >= 11 is 3.09. The summed E-state index contributed by atoms with van der Waals surface area (Å²) in [6.45, 7) is 0. The first kappa shape index (κ1) is 12.7. The molecule has 5 heteroatoms. The van der Waals surface area contributed by atoms with Crippen LogP contribution in [0.25, 0.3) is 0 Å². The van der Waals surface area contributed by atoms with Crippen LogP contribution in [0, 0.1) is 0 Å². The fourth-order valence-corrected chi connectivity index (χ4v) is 3.60. The molecule has 0 bridgehead atoms. The van der Waals surface area contributed by atoms with Gasteiger partial charge < -0.3 is 5.32 Å². The van der Waals surface area contributed by atoms with Crippen molar-refractivity contribution < 1.29 is 4.79 Å². The van der Waals surface area contributed by atoms with E-state index in [0.717, 1.165) is 22.7 Å². The fourth-order valence-electron chi connectivity index (χ4n) is 1.77. The van der Waals surface area contributed by atoms with E-state index < -0.39 is 0 Å². The van der Waals surface area contributed by atoms with Gasteiger partial charge in [-0.05, 0) is 18.4 Å². The predicted octanol–water partition coefficient (Wildman–Crippen LogP) is 3.26. The van der Waals surface area contributed by atoms with Gasteiger partial charge in [0, 0.05) is 17.6 Å². The summed E-state index contributed by atoms with van der Waals surface area (Å²) in [5.41, 5.74) is 1.03. The molecule has 0 unspecified atom stereocenters. The lowest BCUT2D eigenvalue weighted by atomic mass is 10.1. The second-order valence-corrected chi connectivity index (χ2v) is 6.74. The molecule has 1 fully saturated rings. The third-order valence-electron chi connectivity index (χ3n) is 2.89. The average Bonchev–Trinajstić information content (AvgIpc) is 3.10. The van der Waals surface area contributed by atoms with Gasteiger partial charge in [-0.1, -0.05) is 42.1 Å². The van der Waals surface area contributed by atoms with Gasteiger partial charge in [-0.3, -0.25) is 4.79 Å². The Hall–Kier alpha value is -1.33. The number of nitrogens with one attached hydrogen (secondary N) is 1. The van der Waals surface area contributed by atoms with Crippen molar-refractivity contribution in [3.8, 4) is 0 Å². The molecule has 1 amide bonds. The molecule has 0 aliphatic heterocycles. The molecule has 0 saturated heterocycles. The van der Waals surface area contributed by atoms with Gasteiger partial charge in [0.1, 0.15) is 5.25 Å². The van der Waals surface area contributed by atoms with Crippen LogP contribution in [-0.2, 0) is 4.79 Å². The van der Waals surface area contributed by atoms with E-state index in [-0.39, 0.29) is 11.2 Å². The third kappa shape index (κ3) is 3.36. The second-order valence-electron chi connectivity index (χ2n) is 4.49. The Morgan fingerprint density at radius 1 is 1.37 bits per heavy atom. The molecule has 1 N–H and O–H groups in total. The quantitative estimate of drug-likeness (QED) is 0.859. The van der Waals surface area contributed by atoms with E-state index in [1.807, 2.05) is 35.7 Å². The molecule has 19 heavy (non-hydrogen) atoms. The third-order valence-corrected chi connectivity index (χ3v) is 5.06. The van der Waals surface area contributed by atoms with Crippen LogP contribution >= 0.6 is 23.1 Å². The van der Waals surface area contributed by atoms with E-state index in [2.05, 4.69) is 10.3 Å². The minimum Gasteiger partial charge on any atom is -0.352 e. The Bertz CT molecular complexity index is 538. The number of hydrogen-bond acceptors (Lipinski definition) is 4. The van der Waals surface area contributed by atoms with Crippen LogP contribution in [0.15, 0.2) is 46.2 Å². The topological polar surface area (TPSA) is 42.0 Å². The summed E-state index contributed by atoms with van der Waals surface area (Å²) in [6.07, 6.45) is 3.98. The summed E-state index contributed by atoms with van der Waals surface area (Å²) in [5.74, 6) is 0.0916. The van der Waals surface area contributed by atoms with Crippen molar-refractivity contribution in [3.05, 3.63) is 47.5 Å². The molecule has 98 valence electrons. The van der Waals surface area contributed by atoms with E-state index in [1.165, 1.54) is 11.8 Å². The van der Waals surface area contributed by atoms with E-state index >= 15 is 0 Å². The molecule has 3 rings (SSSR count). The number of amides is 1. The summed E-state index contributed by atoms with van der Waals surface area (Å²) in [4.78, 5) is 16.6. The summed E-state index contributed by atoms with van der Waals surface area (Å²) in [5, 5.41) is 4.80. The van der Waals surface area contributed by atoms with Crippen LogP contribution < -0.4 is 5.32 Å². The zero-order chi connectivity index (χ0) is 13.1. The van der Waals surface area contributed by atoms with Crippen LogP contribution in [0.4, 0.5) is 0 Å². The molecule has 1 saturated carbocycles. The number of thiazole rings is 1. The summed E-state index contributed by atoms with van der Waals surface area (Å²) in [6, 6.07) is 10.3. The molecular weight excluding hydrogens is 276 g/mol. The number of carbonyl (C=O) groups excluding carboxylic acids is 1. The Morgan fingerprint density at radius 3 is 2.79 bits per heavy atom. The SMILES string of the molecule is O=C(NC1CC1)[C@@H](Sc1nccs1)c1ccccc1. The molecule has 0 radical (unpaired) electrons. The smallest absolute Gasteiger partial charge is 0.238 e. The number of thioether (sulfide) groups is 1. The molecule has 1 aromatic carbocycles. The predicted molar refractivity (Wildman–Crippen MR) is 78.3 cm³/mol. The molecule has 3 nitrogen and oxygen atoms in total. The van der Waals surface area contributed by atoms with E-state index in [0.29, 0.717) is 6.04 Å². The zero-order valence-electron chi connectivity index (χ0n) is 10.3. The van der Waals surface area contributed by atoms with Crippen LogP contribution in [0.2, 0.25) is 0 Å². The average molecular weight is 290 g/mol. The molecule has 0 spiro atoms. The largest absolute Gasteiger partial charge is 0.352 e. The molecule has 1 atom stereocenters. The standard InChI is InChI=1S/C14H14N2OS2/c17-13(16-11-6-7-11)12(10-4-2-1-3-5-10)19-14-15-8-9-18-14/h1-5,8-9,11-12H,6-7H2,(H,16,17)/t12-/m0/s1. The molecule has 1 aromatic heterocycles. The van der Waals surface area contributed by atoms with Crippen molar-refractivity contribution in [2.45, 2.75) is 28.5 Å². The van der Waals surface area contributed by atoms with Crippen molar-refractivity contribution in [1.82, 2.24) is 10.3 Å². The van der Waals surface area contributed by atoms with Crippen LogP contribution in [0.3, 0.4) is 0 Å². The van der Waals surface area contributed by atoms with Crippen molar-refractivity contribution in [1.29, 1.82) is 0 Å². The van der Waals surface area contributed by atoms with Gasteiger partial charge in [0.2, 0.25) is 5.91 Å². The fraction of sp³-hybridized carbons (Fsp3) is 0.286. The van der Waals surface area contributed by atoms with Gasteiger partial charge in [0.25, 0.3) is 0 Å². The van der Waals surface area contributed by atoms with Crippen molar-refractivity contribution in [3.63, 3.8) is 0 Å². The van der Waals surface area contributed by atoms with Crippen LogP contribution in [0.5, 0.6) is 0 Å². The Morgan fingerprint density at radius 2 is 2.16 bits per heavy atom. The van der Waals surface area contributed by atoms with E-state index in [9.17, 15) is 4.79 Å². The highest BCUT2D eigenvalue weighted by Crippen LogP contribution is 2.37. The first-order valence-electron chi connectivity index (χ1n) is 6.24. The maximum absolute atomic E-state index is 12.4. The monoisotopic (exact) mass is 290 g/mol. The Labute approximate surface area is 120 Å². The van der Waals surface area contributed by atoms with E-state index in [4.69, 9.17) is 0 Å². The number of rotatable bonds is 5. The van der Waals surface area contributed by atoms with Gasteiger partial charge >= 0.3 is 0 Å². The summed E-state index contributed by atoms with van der Waals surface area (Å²) in [7, 11) is 0. The van der Waals surface area contributed by atoms with Gasteiger partial charge in [0.05, 0.1) is 0 Å². The number of carbonyl (C=O) groups is 1. The molecular formula is C14H14N2OS2. The Balaban J connectivity index is 1.79. The number of hydrogen-bond donors (Lipinski definition) is 1. The highest BCUT2D eigenvalue weighted by Gasteiger charge is 2.29. The van der Waals surface area contributed by atoms with Gasteiger partial charge in [-0.15, -0.1) is 11.3 Å². The van der Waals surface area contributed by atoms with Gasteiger partial charge in [-0.25, -0.2) is 4.98 Å². The normalized spacial score (nSPS) is 16.0. The lowest BCUT2D eigenvalue weighted by Crippen LogP contribution is -2.29. The maximum atomic E-state index is 12.4. The lowest BCUT2D eigenvalue weighted by Gasteiger charge is -2.15.